The molecule has 0 atom stereocenters. The van der Waals surface area contributed by atoms with E-state index < -0.39 is 17.5 Å². The van der Waals surface area contributed by atoms with E-state index in [1.807, 2.05) is 0 Å². The molecule has 0 aliphatic rings. The van der Waals surface area contributed by atoms with Crippen LogP contribution < -0.4 is 16.8 Å². The summed E-state index contributed by atoms with van der Waals surface area (Å²) in [5.41, 5.74) is 11.8. The molecular formula is C13H11F2N3O. The Morgan fingerprint density at radius 2 is 1.63 bits per heavy atom. The van der Waals surface area contributed by atoms with Gasteiger partial charge in [-0.3, -0.25) is 4.79 Å². The number of halogens is 2. The Labute approximate surface area is 108 Å². The molecule has 6 heteroatoms. The third-order valence-electron chi connectivity index (χ3n) is 2.42. The van der Waals surface area contributed by atoms with Gasteiger partial charge in [0.1, 0.15) is 11.6 Å². The smallest absolute Gasteiger partial charge is 0.255 e. The fourth-order valence-electron chi connectivity index (χ4n) is 1.59. The fourth-order valence-corrected chi connectivity index (χ4v) is 1.59. The van der Waals surface area contributed by atoms with Crippen LogP contribution in [0.5, 0.6) is 0 Å². The number of carbonyl (C=O) groups is 1. The van der Waals surface area contributed by atoms with E-state index in [1.165, 1.54) is 18.2 Å². The van der Waals surface area contributed by atoms with E-state index in [9.17, 15) is 13.6 Å². The minimum atomic E-state index is -0.856. The van der Waals surface area contributed by atoms with Crippen molar-refractivity contribution in [1.82, 2.24) is 0 Å². The maximum Gasteiger partial charge on any atom is 0.255 e. The Morgan fingerprint density at radius 1 is 1.00 bits per heavy atom. The number of hydrogen-bond acceptors (Lipinski definition) is 3. The van der Waals surface area contributed by atoms with Crippen molar-refractivity contribution >= 4 is 23.0 Å². The van der Waals surface area contributed by atoms with Crippen molar-refractivity contribution in [2.75, 3.05) is 16.8 Å². The van der Waals surface area contributed by atoms with Gasteiger partial charge in [-0.15, -0.1) is 0 Å². The largest absolute Gasteiger partial charge is 0.399 e. The van der Waals surface area contributed by atoms with Crippen molar-refractivity contribution < 1.29 is 13.6 Å². The fraction of sp³-hybridized carbons (Fsp3) is 0. The van der Waals surface area contributed by atoms with E-state index in [0.29, 0.717) is 17.4 Å². The highest BCUT2D eigenvalue weighted by Gasteiger charge is 2.11. The highest BCUT2D eigenvalue weighted by atomic mass is 19.1. The van der Waals surface area contributed by atoms with Crippen molar-refractivity contribution in [1.29, 1.82) is 0 Å². The van der Waals surface area contributed by atoms with Gasteiger partial charge in [0.25, 0.3) is 5.91 Å². The summed E-state index contributed by atoms with van der Waals surface area (Å²) in [6, 6.07) is 7.18. The molecule has 19 heavy (non-hydrogen) atoms. The molecule has 0 aliphatic carbocycles. The van der Waals surface area contributed by atoms with Crippen LogP contribution in [0.15, 0.2) is 36.4 Å². The first kappa shape index (κ1) is 12.8. The summed E-state index contributed by atoms with van der Waals surface area (Å²) in [4.78, 5) is 11.9. The molecule has 0 saturated carbocycles. The van der Waals surface area contributed by atoms with E-state index in [0.717, 1.165) is 12.1 Å². The van der Waals surface area contributed by atoms with Gasteiger partial charge in [-0.1, -0.05) is 0 Å². The molecule has 0 aromatic heterocycles. The molecule has 0 unspecified atom stereocenters. The van der Waals surface area contributed by atoms with Crippen LogP contribution in [-0.2, 0) is 0 Å². The second-order valence-electron chi connectivity index (χ2n) is 3.97. The van der Waals surface area contributed by atoms with Gasteiger partial charge in [0.05, 0.1) is 5.69 Å². The molecule has 98 valence electrons. The van der Waals surface area contributed by atoms with Crippen molar-refractivity contribution in [2.45, 2.75) is 0 Å². The van der Waals surface area contributed by atoms with Crippen LogP contribution in [0.2, 0.25) is 0 Å². The Balaban J connectivity index is 2.25. The number of benzene rings is 2. The summed E-state index contributed by atoms with van der Waals surface area (Å²) in [5.74, 6) is -2.15. The van der Waals surface area contributed by atoms with E-state index in [2.05, 4.69) is 5.32 Å². The number of nitrogens with one attached hydrogen (secondary N) is 1. The van der Waals surface area contributed by atoms with Crippen LogP contribution >= 0.6 is 0 Å². The zero-order valence-corrected chi connectivity index (χ0v) is 9.78. The zero-order chi connectivity index (χ0) is 14.0. The number of carbonyl (C=O) groups excluding carboxylic acids is 1. The summed E-state index contributed by atoms with van der Waals surface area (Å²) in [6.45, 7) is 0. The maximum atomic E-state index is 13.4. The molecular weight excluding hydrogens is 252 g/mol. The van der Waals surface area contributed by atoms with Crippen molar-refractivity contribution in [3.63, 3.8) is 0 Å². The van der Waals surface area contributed by atoms with E-state index in [4.69, 9.17) is 11.5 Å². The second-order valence-corrected chi connectivity index (χ2v) is 3.97. The molecule has 2 aromatic rings. The molecule has 5 N–H and O–H groups in total. The van der Waals surface area contributed by atoms with Crippen LogP contribution in [0.25, 0.3) is 0 Å². The number of rotatable bonds is 2. The molecule has 2 rings (SSSR count). The third-order valence-corrected chi connectivity index (χ3v) is 2.42. The summed E-state index contributed by atoms with van der Waals surface area (Å²) >= 11 is 0. The van der Waals surface area contributed by atoms with Crippen molar-refractivity contribution in [3.8, 4) is 0 Å². The first-order valence-electron chi connectivity index (χ1n) is 5.38. The molecule has 0 radical (unpaired) electrons. The van der Waals surface area contributed by atoms with Gasteiger partial charge < -0.3 is 16.8 Å². The highest BCUT2D eigenvalue weighted by Crippen LogP contribution is 2.18. The van der Waals surface area contributed by atoms with Crippen molar-refractivity contribution in [3.05, 3.63) is 53.6 Å². The normalized spacial score (nSPS) is 10.2. The van der Waals surface area contributed by atoms with Crippen LogP contribution in [0, 0.1) is 11.6 Å². The first-order chi connectivity index (χ1) is 8.95. The van der Waals surface area contributed by atoms with Gasteiger partial charge >= 0.3 is 0 Å². The minimum absolute atomic E-state index is 0.118. The van der Waals surface area contributed by atoms with Gasteiger partial charge in [-0.05, 0) is 30.3 Å². The standard InChI is InChI=1S/C13H11F2N3O/c14-8-1-2-12(11(15)5-8)18-13(19)7-3-9(16)6-10(17)4-7/h1-6H,16-17H2,(H,18,19). The van der Waals surface area contributed by atoms with Gasteiger partial charge in [-0.2, -0.15) is 0 Å². The molecule has 0 fully saturated rings. The highest BCUT2D eigenvalue weighted by molar-refractivity contribution is 6.05. The summed E-state index contributed by atoms with van der Waals surface area (Å²) < 4.78 is 26.1. The lowest BCUT2D eigenvalue weighted by atomic mass is 10.1. The molecule has 2 aromatic carbocycles. The van der Waals surface area contributed by atoms with Gasteiger partial charge in [-0.25, -0.2) is 8.78 Å². The maximum absolute atomic E-state index is 13.4. The molecule has 0 heterocycles. The molecule has 0 aliphatic heterocycles. The predicted octanol–water partition coefficient (Wildman–Crippen LogP) is 2.38. The Bertz CT molecular complexity index is 624. The lowest BCUT2D eigenvalue weighted by Crippen LogP contribution is -2.13. The Hall–Kier alpha value is -2.63. The monoisotopic (exact) mass is 263 g/mol. The SMILES string of the molecule is Nc1cc(N)cc(C(=O)Nc2ccc(F)cc2F)c1. The number of hydrogen-bond donors (Lipinski definition) is 3. The second kappa shape index (κ2) is 4.93. The molecule has 4 nitrogen and oxygen atoms in total. The van der Waals surface area contributed by atoms with E-state index in [1.54, 1.807) is 0 Å². The lowest BCUT2D eigenvalue weighted by molar-refractivity contribution is 0.102. The lowest BCUT2D eigenvalue weighted by Gasteiger charge is -2.08. The molecule has 0 saturated heterocycles. The van der Waals surface area contributed by atoms with Crippen LogP contribution in [0.1, 0.15) is 10.4 Å². The van der Waals surface area contributed by atoms with Crippen LogP contribution in [-0.4, -0.2) is 5.91 Å². The predicted molar refractivity (Wildman–Crippen MR) is 69.6 cm³/mol. The van der Waals surface area contributed by atoms with Gasteiger partial charge in [0.2, 0.25) is 0 Å². The third kappa shape index (κ3) is 2.98. The number of nitrogen functional groups attached to an aromatic ring is 2. The minimum Gasteiger partial charge on any atom is -0.399 e. The van der Waals surface area contributed by atoms with Gasteiger partial charge in [0, 0.05) is 23.0 Å². The van der Waals surface area contributed by atoms with Gasteiger partial charge in [0.15, 0.2) is 0 Å². The average Bonchev–Trinajstić information content (AvgIpc) is 2.31. The zero-order valence-electron chi connectivity index (χ0n) is 9.78. The van der Waals surface area contributed by atoms with Crippen LogP contribution in [0.4, 0.5) is 25.8 Å². The molecule has 0 bridgehead atoms. The molecule has 1 amide bonds. The number of nitrogens with two attached hydrogens (primary N) is 2. The summed E-state index contributed by atoms with van der Waals surface area (Å²) in [5, 5.41) is 2.32. The first-order valence-corrected chi connectivity index (χ1v) is 5.38. The van der Waals surface area contributed by atoms with E-state index >= 15 is 0 Å². The average molecular weight is 263 g/mol. The number of amides is 1. The topological polar surface area (TPSA) is 81.1 Å². The van der Waals surface area contributed by atoms with Crippen LogP contribution in [0.3, 0.4) is 0 Å². The van der Waals surface area contributed by atoms with Crippen molar-refractivity contribution in [2.24, 2.45) is 0 Å². The Kier molecular flexibility index (Phi) is 3.33. The number of anilines is 3. The summed E-state index contributed by atoms with van der Waals surface area (Å²) in [6.07, 6.45) is 0. The molecule has 0 spiro atoms. The summed E-state index contributed by atoms with van der Waals surface area (Å²) in [7, 11) is 0. The van der Waals surface area contributed by atoms with E-state index in [-0.39, 0.29) is 11.3 Å². The Morgan fingerprint density at radius 3 is 2.21 bits per heavy atom. The quantitative estimate of drug-likeness (QED) is 0.727.